The first-order chi connectivity index (χ1) is 11.2. The van der Waals surface area contributed by atoms with E-state index in [9.17, 15) is 9.90 Å². The minimum absolute atomic E-state index is 0.212. The summed E-state index contributed by atoms with van der Waals surface area (Å²) in [7, 11) is 0. The molecular weight excluding hydrogens is 296 g/mol. The van der Waals surface area contributed by atoms with Crippen LogP contribution in [0.15, 0.2) is 48.7 Å². The fourth-order valence-corrected chi connectivity index (χ4v) is 2.56. The summed E-state index contributed by atoms with van der Waals surface area (Å²) in [6.45, 7) is -0.212. The number of hydrogen-bond donors (Lipinski definition) is 3. The Balaban J connectivity index is 1.65. The predicted octanol–water partition coefficient (Wildman–Crippen LogP) is 1.52. The van der Waals surface area contributed by atoms with E-state index in [4.69, 9.17) is 9.84 Å². The molecule has 1 aromatic heterocycles. The maximum atomic E-state index is 12.0. The molecule has 1 saturated heterocycles. The minimum atomic E-state index is -0.678. The molecule has 1 aliphatic heterocycles. The maximum absolute atomic E-state index is 12.0. The number of pyridine rings is 1. The van der Waals surface area contributed by atoms with Gasteiger partial charge in [0, 0.05) is 18.2 Å². The number of hydrogen-bond acceptors (Lipinski definition) is 5. The molecule has 2 heterocycles. The lowest BCUT2D eigenvalue weighted by molar-refractivity contribution is -0.0226. The van der Waals surface area contributed by atoms with Crippen LogP contribution < -0.4 is 5.32 Å². The van der Waals surface area contributed by atoms with E-state index in [1.54, 1.807) is 42.6 Å². The average Bonchev–Trinajstić information content (AvgIpc) is 2.97. The fraction of sp³-hybridized carbons (Fsp3) is 0.294. The van der Waals surface area contributed by atoms with E-state index in [0.29, 0.717) is 17.8 Å². The highest BCUT2D eigenvalue weighted by Gasteiger charge is 2.34. The highest BCUT2D eigenvalue weighted by atomic mass is 16.5. The summed E-state index contributed by atoms with van der Waals surface area (Å²) in [5, 5.41) is 21.6. The lowest BCUT2D eigenvalue weighted by Crippen LogP contribution is -2.24. The second-order valence-corrected chi connectivity index (χ2v) is 5.45. The van der Waals surface area contributed by atoms with Crippen molar-refractivity contribution in [2.24, 2.45) is 0 Å². The number of carbonyl (C=O) groups is 1. The molecule has 1 aromatic carbocycles. The van der Waals surface area contributed by atoms with Gasteiger partial charge < -0.3 is 20.3 Å². The van der Waals surface area contributed by atoms with Gasteiger partial charge in [0.2, 0.25) is 0 Å². The van der Waals surface area contributed by atoms with Crippen LogP contribution in [0.2, 0.25) is 0 Å². The van der Waals surface area contributed by atoms with Crippen LogP contribution in [0.3, 0.4) is 0 Å². The van der Waals surface area contributed by atoms with Crippen molar-refractivity contribution in [2.45, 2.75) is 24.7 Å². The van der Waals surface area contributed by atoms with E-state index >= 15 is 0 Å². The molecule has 0 aliphatic carbocycles. The largest absolute Gasteiger partial charge is 0.394 e. The zero-order chi connectivity index (χ0) is 16.2. The number of carbonyl (C=O) groups excluding carboxylic acids is 1. The van der Waals surface area contributed by atoms with Crippen LogP contribution >= 0.6 is 0 Å². The number of aliphatic hydroxyl groups excluding tert-OH is 2. The van der Waals surface area contributed by atoms with E-state index in [-0.39, 0.29) is 18.6 Å². The zero-order valence-electron chi connectivity index (χ0n) is 12.4. The summed E-state index contributed by atoms with van der Waals surface area (Å²) < 4.78 is 5.57. The lowest BCUT2D eigenvalue weighted by Gasteiger charge is -2.12. The van der Waals surface area contributed by atoms with Gasteiger partial charge in [0.1, 0.15) is 11.9 Å². The van der Waals surface area contributed by atoms with E-state index in [0.717, 1.165) is 5.56 Å². The molecule has 3 atom stereocenters. The minimum Gasteiger partial charge on any atom is -0.394 e. The van der Waals surface area contributed by atoms with Gasteiger partial charge in [-0.3, -0.25) is 4.79 Å². The van der Waals surface area contributed by atoms with Crippen LogP contribution in [0.25, 0.3) is 0 Å². The van der Waals surface area contributed by atoms with Gasteiger partial charge in [0.05, 0.1) is 18.8 Å². The fourth-order valence-electron chi connectivity index (χ4n) is 2.56. The van der Waals surface area contributed by atoms with Crippen molar-refractivity contribution in [2.75, 3.05) is 11.9 Å². The third kappa shape index (κ3) is 3.56. The van der Waals surface area contributed by atoms with E-state index < -0.39 is 12.2 Å². The smallest absolute Gasteiger partial charge is 0.256 e. The first kappa shape index (κ1) is 15.6. The number of nitrogens with zero attached hydrogens (tertiary/aromatic N) is 1. The van der Waals surface area contributed by atoms with Crippen LogP contribution in [0, 0.1) is 0 Å². The van der Waals surface area contributed by atoms with Gasteiger partial charge in [-0.15, -0.1) is 0 Å². The average molecular weight is 314 g/mol. The Hall–Kier alpha value is -2.28. The molecule has 6 nitrogen and oxygen atoms in total. The molecule has 1 amide bonds. The molecule has 6 heteroatoms. The summed E-state index contributed by atoms with van der Waals surface area (Å²) >= 11 is 0. The summed E-state index contributed by atoms with van der Waals surface area (Å²) in [6.07, 6.45) is 0.494. The Labute approximate surface area is 133 Å². The van der Waals surface area contributed by atoms with Crippen molar-refractivity contribution in [3.05, 3.63) is 59.8 Å². The third-order valence-electron chi connectivity index (χ3n) is 3.84. The lowest BCUT2D eigenvalue weighted by atomic mass is 10.1. The van der Waals surface area contributed by atoms with E-state index in [2.05, 4.69) is 10.3 Å². The van der Waals surface area contributed by atoms with Crippen molar-refractivity contribution in [1.82, 2.24) is 4.98 Å². The number of aliphatic hydroxyl groups is 2. The molecular formula is C17H18N2O4. The zero-order valence-corrected chi connectivity index (χ0v) is 12.4. The molecule has 120 valence electrons. The molecule has 3 N–H and O–H groups in total. The highest BCUT2D eigenvalue weighted by molar-refractivity contribution is 6.03. The molecule has 1 fully saturated rings. The topological polar surface area (TPSA) is 91.7 Å². The third-order valence-corrected chi connectivity index (χ3v) is 3.84. The van der Waals surface area contributed by atoms with Crippen LogP contribution in [0.4, 0.5) is 5.82 Å². The number of benzene rings is 1. The van der Waals surface area contributed by atoms with Crippen molar-refractivity contribution in [3.8, 4) is 0 Å². The highest BCUT2D eigenvalue weighted by Crippen LogP contribution is 2.32. The van der Waals surface area contributed by atoms with Gasteiger partial charge in [0.25, 0.3) is 5.91 Å². The van der Waals surface area contributed by atoms with Crippen molar-refractivity contribution < 1.29 is 19.7 Å². The molecule has 0 spiro atoms. The Morgan fingerprint density at radius 3 is 2.65 bits per heavy atom. The monoisotopic (exact) mass is 314 g/mol. The molecule has 1 aliphatic rings. The van der Waals surface area contributed by atoms with Gasteiger partial charge in [-0.25, -0.2) is 4.98 Å². The van der Waals surface area contributed by atoms with Gasteiger partial charge in [-0.2, -0.15) is 0 Å². The second-order valence-electron chi connectivity index (χ2n) is 5.45. The van der Waals surface area contributed by atoms with Crippen molar-refractivity contribution in [3.63, 3.8) is 0 Å². The Kier molecular flexibility index (Phi) is 4.66. The first-order valence-corrected chi connectivity index (χ1v) is 7.44. The van der Waals surface area contributed by atoms with Crippen molar-refractivity contribution in [1.29, 1.82) is 0 Å². The van der Waals surface area contributed by atoms with Gasteiger partial charge in [-0.1, -0.05) is 24.3 Å². The number of anilines is 1. The Morgan fingerprint density at radius 1 is 1.26 bits per heavy atom. The molecule has 0 saturated carbocycles. The Bertz CT molecular complexity index is 660. The van der Waals surface area contributed by atoms with Crippen LogP contribution in [0.5, 0.6) is 0 Å². The molecule has 23 heavy (non-hydrogen) atoms. The number of rotatable bonds is 4. The summed E-state index contributed by atoms with van der Waals surface area (Å²) in [5.41, 5.74) is 1.36. The number of amides is 1. The van der Waals surface area contributed by atoms with Gasteiger partial charge >= 0.3 is 0 Å². The summed E-state index contributed by atoms with van der Waals surface area (Å²) in [4.78, 5) is 16.3. The SMILES string of the molecule is O=C(Nc1ccc([C@H]2C[C@H](O)[C@@H](CO)O2)cn1)c1ccccc1. The molecule has 0 bridgehead atoms. The normalized spacial score (nSPS) is 23.7. The molecule has 0 unspecified atom stereocenters. The first-order valence-electron chi connectivity index (χ1n) is 7.44. The van der Waals surface area contributed by atoms with Crippen LogP contribution in [0.1, 0.15) is 28.4 Å². The maximum Gasteiger partial charge on any atom is 0.256 e. The number of ether oxygens (including phenoxy) is 1. The standard InChI is InChI=1S/C17H18N2O4/c20-10-15-13(21)8-14(23-15)12-6-7-16(18-9-12)19-17(22)11-4-2-1-3-5-11/h1-7,9,13-15,20-21H,8,10H2,(H,18,19,22)/t13-,14+,15+/m0/s1. The molecule has 0 radical (unpaired) electrons. The Morgan fingerprint density at radius 2 is 2.04 bits per heavy atom. The predicted molar refractivity (Wildman–Crippen MR) is 84.0 cm³/mol. The van der Waals surface area contributed by atoms with Crippen LogP contribution in [-0.2, 0) is 4.74 Å². The van der Waals surface area contributed by atoms with Gasteiger partial charge in [0.15, 0.2) is 0 Å². The van der Waals surface area contributed by atoms with Crippen LogP contribution in [-0.4, -0.2) is 39.9 Å². The van der Waals surface area contributed by atoms with Gasteiger partial charge in [-0.05, 0) is 23.8 Å². The molecule has 2 aromatic rings. The van der Waals surface area contributed by atoms with Crippen molar-refractivity contribution >= 4 is 11.7 Å². The van der Waals surface area contributed by atoms with E-state index in [1.807, 2.05) is 6.07 Å². The summed E-state index contributed by atoms with van der Waals surface area (Å²) in [6, 6.07) is 12.4. The molecule has 3 rings (SSSR count). The second kappa shape index (κ2) is 6.87. The number of aromatic nitrogens is 1. The number of nitrogens with one attached hydrogen (secondary N) is 1. The van der Waals surface area contributed by atoms with E-state index in [1.165, 1.54) is 0 Å². The summed E-state index contributed by atoms with van der Waals surface area (Å²) in [5.74, 6) is 0.221. The quantitative estimate of drug-likeness (QED) is 0.796.